The molecule has 20 heavy (non-hydrogen) atoms. The third-order valence-electron chi connectivity index (χ3n) is 5.38. The van der Waals surface area contributed by atoms with Crippen molar-refractivity contribution in [2.24, 2.45) is 17.1 Å². The zero-order valence-electron chi connectivity index (χ0n) is 11.4. The zero-order valence-corrected chi connectivity index (χ0v) is 13.0. The number of fused-ring (bicyclic) bond motifs is 1. The molecule has 0 bridgehead atoms. The van der Waals surface area contributed by atoms with Gasteiger partial charge in [0, 0.05) is 16.3 Å². The van der Waals surface area contributed by atoms with Crippen LogP contribution in [0.25, 0.3) is 0 Å². The predicted octanol–water partition coefficient (Wildman–Crippen LogP) is 4.49. The maximum atomic E-state index is 12.9. The van der Waals surface area contributed by atoms with Crippen molar-refractivity contribution in [2.45, 2.75) is 44.4 Å². The molecule has 1 saturated carbocycles. The van der Waals surface area contributed by atoms with Crippen molar-refractivity contribution < 1.29 is 8.78 Å². The van der Waals surface area contributed by atoms with Crippen molar-refractivity contribution in [1.82, 2.24) is 0 Å². The number of hydrogen-bond acceptors (Lipinski definition) is 1. The molecule has 1 spiro atoms. The quantitative estimate of drug-likeness (QED) is 0.841. The summed E-state index contributed by atoms with van der Waals surface area (Å²) in [6, 6.07) is 6.40. The van der Waals surface area contributed by atoms with E-state index >= 15 is 0 Å². The van der Waals surface area contributed by atoms with Crippen LogP contribution in [0, 0.1) is 11.3 Å². The summed E-state index contributed by atoms with van der Waals surface area (Å²) in [6.45, 7) is 0.614. The number of halogens is 3. The van der Waals surface area contributed by atoms with Crippen molar-refractivity contribution in [1.29, 1.82) is 0 Å². The molecule has 0 amide bonds. The van der Waals surface area contributed by atoms with E-state index in [1.54, 1.807) is 0 Å². The molecular weight excluding hydrogens is 324 g/mol. The molecule has 0 heterocycles. The van der Waals surface area contributed by atoms with Crippen LogP contribution in [0.4, 0.5) is 8.78 Å². The molecule has 2 aliphatic carbocycles. The van der Waals surface area contributed by atoms with E-state index in [0.29, 0.717) is 25.3 Å². The van der Waals surface area contributed by atoms with E-state index in [4.69, 9.17) is 5.73 Å². The Labute approximate surface area is 127 Å². The smallest absolute Gasteiger partial charge is 0.241 e. The molecule has 2 N–H and O–H groups in total. The molecule has 2 aliphatic rings. The highest BCUT2D eigenvalue weighted by Crippen LogP contribution is 2.56. The van der Waals surface area contributed by atoms with E-state index in [1.807, 2.05) is 0 Å². The Morgan fingerprint density at radius 1 is 1.30 bits per heavy atom. The number of nitrogens with two attached hydrogens (primary N) is 1. The maximum absolute atomic E-state index is 12.9. The van der Waals surface area contributed by atoms with Crippen LogP contribution >= 0.6 is 15.9 Å². The Bertz CT molecular complexity index is 495. The van der Waals surface area contributed by atoms with Crippen molar-refractivity contribution in [3.05, 3.63) is 33.8 Å². The minimum Gasteiger partial charge on any atom is -0.330 e. The second kappa shape index (κ2) is 5.38. The fraction of sp³-hybridized carbons (Fsp3) is 0.625. The molecule has 0 radical (unpaired) electrons. The summed E-state index contributed by atoms with van der Waals surface area (Å²) in [5.41, 5.74) is 8.85. The summed E-state index contributed by atoms with van der Waals surface area (Å²) < 4.78 is 26.8. The maximum Gasteiger partial charge on any atom is 0.241 e. The molecule has 0 aromatic heterocycles. The van der Waals surface area contributed by atoms with Gasteiger partial charge >= 0.3 is 0 Å². The minimum absolute atomic E-state index is 0.128. The fourth-order valence-electron chi connectivity index (χ4n) is 4.25. The van der Waals surface area contributed by atoms with E-state index in [0.717, 1.165) is 23.7 Å². The van der Waals surface area contributed by atoms with Gasteiger partial charge < -0.3 is 5.73 Å². The molecule has 1 fully saturated rings. The first-order valence-electron chi connectivity index (χ1n) is 7.32. The monoisotopic (exact) mass is 343 g/mol. The van der Waals surface area contributed by atoms with Gasteiger partial charge in [0.05, 0.1) is 0 Å². The van der Waals surface area contributed by atoms with Gasteiger partial charge in [0.15, 0.2) is 0 Å². The first kappa shape index (κ1) is 14.5. The van der Waals surface area contributed by atoms with E-state index in [-0.39, 0.29) is 5.41 Å². The highest BCUT2D eigenvalue weighted by molar-refractivity contribution is 9.10. The van der Waals surface area contributed by atoms with E-state index in [2.05, 4.69) is 34.1 Å². The molecule has 1 unspecified atom stereocenters. The molecule has 3 rings (SSSR count). The van der Waals surface area contributed by atoms with Crippen LogP contribution in [-0.4, -0.2) is 13.0 Å². The van der Waals surface area contributed by atoms with Crippen LogP contribution < -0.4 is 5.73 Å². The van der Waals surface area contributed by atoms with Gasteiger partial charge in [-0.2, -0.15) is 0 Å². The van der Waals surface area contributed by atoms with Gasteiger partial charge in [-0.15, -0.1) is 0 Å². The Hall–Kier alpha value is -0.480. The third kappa shape index (κ3) is 2.31. The lowest BCUT2D eigenvalue weighted by molar-refractivity contribution is 0.0195. The van der Waals surface area contributed by atoms with Gasteiger partial charge in [-0.3, -0.25) is 0 Å². The van der Waals surface area contributed by atoms with Gasteiger partial charge in [0.1, 0.15) is 0 Å². The van der Waals surface area contributed by atoms with Gasteiger partial charge in [-0.1, -0.05) is 22.0 Å². The Morgan fingerprint density at radius 2 is 2.00 bits per heavy atom. The summed E-state index contributed by atoms with van der Waals surface area (Å²) in [7, 11) is 0. The molecule has 1 aromatic rings. The Kier molecular flexibility index (Phi) is 3.89. The number of alkyl halides is 2. The lowest BCUT2D eigenvalue weighted by Crippen LogP contribution is -2.36. The lowest BCUT2D eigenvalue weighted by Gasteiger charge is -2.41. The zero-order chi connectivity index (χ0) is 14.3. The van der Waals surface area contributed by atoms with E-state index in [9.17, 15) is 8.78 Å². The topological polar surface area (TPSA) is 26.0 Å². The summed E-state index contributed by atoms with van der Waals surface area (Å²) in [4.78, 5) is 0. The number of hydrogen-bond donors (Lipinski definition) is 1. The van der Waals surface area contributed by atoms with Crippen LogP contribution in [-0.2, 0) is 6.42 Å². The summed E-state index contributed by atoms with van der Waals surface area (Å²) in [6.07, 6.45) is 1.90. The second-order valence-corrected chi connectivity index (χ2v) is 7.26. The van der Waals surface area contributed by atoms with Crippen LogP contribution in [0.5, 0.6) is 0 Å². The molecule has 110 valence electrons. The van der Waals surface area contributed by atoms with Crippen LogP contribution in [0.2, 0.25) is 0 Å². The average Bonchev–Trinajstić information content (AvgIpc) is 2.71. The first-order valence-corrected chi connectivity index (χ1v) is 8.11. The first-order chi connectivity index (χ1) is 9.55. The van der Waals surface area contributed by atoms with Gasteiger partial charge in [-0.05, 0) is 67.3 Å². The predicted molar refractivity (Wildman–Crippen MR) is 80.0 cm³/mol. The summed E-state index contributed by atoms with van der Waals surface area (Å²) in [5, 5.41) is 0. The lowest BCUT2D eigenvalue weighted by atomic mass is 9.64. The van der Waals surface area contributed by atoms with Gasteiger partial charge in [0.25, 0.3) is 0 Å². The van der Waals surface area contributed by atoms with Crippen molar-refractivity contribution in [2.75, 3.05) is 6.54 Å². The van der Waals surface area contributed by atoms with Crippen molar-refractivity contribution in [3.8, 4) is 0 Å². The largest absolute Gasteiger partial charge is 0.330 e. The SMILES string of the molecule is NCC1c2cc(Br)ccc2CC12CCC(C(F)F)CC2. The molecule has 0 saturated heterocycles. The molecule has 1 atom stereocenters. The number of rotatable bonds is 2. The highest BCUT2D eigenvalue weighted by Gasteiger charge is 2.47. The van der Waals surface area contributed by atoms with Crippen molar-refractivity contribution in [3.63, 3.8) is 0 Å². The summed E-state index contributed by atoms with van der Waals surface area (Å²) in [5.74, 6) is -0.0804. The van der Waals surface area contributed by atoms with Crippen LogP contribution in [0.3, 0.4) is 0 Å². The molecular formula is C16H20BrF2N. The minimum atomic E-state index is -2.17. The molecule has 1 aromatic carbocycles. The fourth-order valence-corrected chi connectivity index (χ4v) is 4.63. The van der Waals surface area contributed by atoms with E-state index in [1.165, 1.54) is 11.1 Å². The van der Waals surface area contributed by atoms with Crippen LogP contribution in [0.1, 0.15) is 42.7 Å². The standard InChI is InChI=1S/C16H20BrF2N/c17-12-2-1-11-8-16(14(9-20)13(11)7-12)5-3-10(4-6-16)15(18)19/h1-2,7,10,14-15H,3-6,8-9,20H2. The number of benzene rings is 1. The molecule has 1 nitrogen and oxygen atoms in total. The normalized spacial score (nSPS) is 32.9. The summed E-state index contributed by atoms with van der Waals surface area (Å²) >= 11 is 3.52. The van der Waals surface area contributed by atoms with Crippen molar-refractivity contribution >= 4 is 15.9 Å². The molecule has 4 heteroatoms. The second-order valence-electron chi connectivity index (χ2n) is 6.34. The highest BCUT2D eigenvalue weighted by atomic mass is 79.9. The van der Waals surface area contributed by atoms with Gasteiger partial charge in [0.2, 0.25) is 6.43 Å². The molecule has 0 aliphatic heterocycles. The third-order valence-corrected chi connectivity index (χ3v) is 5.88. The Balaban J connectivity index is 1.86. The van der Waals surface area contributed by atoms with Gasteiger partial charge in [-0.25, -0.2) is 8.78 Å². The van der Waals surface area contributed by atoms with E-state index < -0.39 is 12.3 Å². The average molecular weight is 344 g/mol. The van der Waals surface area contributed by atoms with Crippen LogP contribution in [0.15, 0.2) is 22.7 Å². The Morgan fingerprint density at radius 3 is 2.60 bits per heavy atom.